The number of aliphatic hydroxyl groups is 6. The molecule has 0 aliphatic rings. The van der Waals surface area contributed by atoms with E-state index in [0.29, 0.717) is 39.3 Å². The van der Waals surface area contributed by atoms with Crippen molar-refractivity contribution < 1.29 is 66.9 Å². The van der Waals surface area contributed by atoms with Crippen molar-refractivity contribution in [3.05, 3.63) is 120 Å². The van der Waals surface area contributed by atoms with Gasteiger partial charge in [-0.05, 0) is 55.2 Å². The van der Waals surface area contributed by atoms with Crippen molar-refractivity contribution in [3.8, 4) is 0 Å². The van der Waals surface area contributed by atoms with Crippen molar-refractivity contribution in [2.24, 2.45) is 0 Å². The van der Waals surface area contributed by atoms with Gasteiger partial charge in [0.2, 0.25) is 0 Å². The van der Waals surface area contributed by atoms with Gasteiger partial charge in [0.25, 0.3) is 0 Å². The Bertz CT molecular complexity index is 1780. The van der Waals surface area contributed by atoms with Crippen molar-refractivity contribution in [2.45, 2.75) is 0 Å². The SMILES string of the molecule is O=C([O-])c1c2ccccc2cc2ccccc12.O=C([O-])c1c2ccccc2cc2ccccc12.OCCN(CCO)CCO.OCCN(CCO)CCO.[Ni+2]. The Labute approximate surface area is 330 Å². The van der Waals surface area contributed by atoms with Crippen LogP contribution in [0.2, 0.25) is 0 Å². The number of hydrogen-bond donors (Lipinski definition) is 6. The van der Waals surface area contributed by atoms with Crippen molar-refractivity contribution >= 4 is 55.0 Å². The molecular formula is C42H48N2NiO10. The van der Waals surface area contributed by atoms with Gasteiger partial charge in [0.05, 0.1) is 51.6 Å². The van der Waals surface area contributed by atoms with Crippen LogP contribution < -0.4 is 10.2 Å². The van der Waals surface area contributed by atoms with E-state index in [0.717, 1.165) is 43.1 Å². The summed E-state index contributed by atoms with van der Waals surface area (Å²) in [4.78, 5) is 26.2. The Kier molecular flexibility index (Phi) is 21.6. The van der Waals surface area contributed by atoms with E-state index in [1.807, 2.05) is 109 Å². The first-order chi connectivity index (χ1) is 26.2. The van der Waals surface area contributed by atoms with Gasteiger partial charge in [0, 0.05) is 50.4 Å². The van der Waals surface area contributed by atoms with E-state index in [2.05, 4.69) is 0 Å². The summed E-state index contributed by atoms with van der Waals surface area (Å²) in [6.07, 6.45) is 0. The number of carbonyl (C=O) groups is 2. The number of carboxylic acid groups (broad SMARTS) is 2. The number of aliphatic hydroxyl groups excluding tert-OH is 6. The van der Waals surface area contributed by atoms with Crippen LogP contribution in [0.5, 0.6) is 0 Å². The Balaban J connectivity index is 0.000000261. The normalized spacial score (nSPS) is 10.6. The molecule has 12 nitrogen and oxygen atoms in total. The number of hydrogen-bond acceptors (Lipinski definition) is 12. The summed E-state index contributed by atoms with van der Waals surface area (Å²) in [5.74, 6) is -2.25. The predicted octanol–water partition coefficient (Wildman–Crippen LogP) is 1.24. The van der Waals surface area contributed by atoms with Crippen LogP contribution >= 0.6 is 0 Å². The molecule has 0 aromatic heterocycles. The Morgan fingerprint density at radius 1 is 0.400 bits per heavy atom. The Hall–Kier alpha value is -4.53. The average molecular weight is 800 g/mol. The Morgan fingerprint density at radius 2 is 0.600 bits per heavy atom. The average Bonchev–Trinajstić information content (AvgIpc) is 3.17. The zero-order chi connectivity index (χ0) is 39.3. The second-order valence-corrected chi connectivity index (χ2v) is 12.0. The molecule has 13 heteroatoms. The van der Waals surface area contributed by atoms with E-state index >= 15 is 0 Å². The maximum atomic E-state index is 11.3. The summed E-state index contributed by atoms with van der Waals surface area (Å²) in [7, 11) is 0. The molecule has 0 aliphatic heterocycles. The third kappa shape index (κ3) is 13.9. The van der Waals surface area contributed by atoms with Gasteiger partial charge in [0.15, 0.2) is 0 Å². The number of carboxylic acids is 2. The molecule has 6 rings (SSSR count). The first-order valence-corrected chi connectivity index (χ1v) is 17.6. The zero-order valence-corrected chi connectivity index (χ0v) is 31.4. The number of benzene rings is 6. The number of rotatable bonds is 14. The molecule has 6 aromatic rings. The summed E-state index contributed by atoms with van der Waals surface area (Å²) in [5.41, 5.74) is 0.553. The number of carbonyl (C=O) groups excluding carboxylic acids is 2. The molecule has 296 valence electrons. The van der Waals surface area contributed by atoms with Gasteiger partial charge < -0.3 is 50.4 Å². The van der Waals surface area contributed by atoms with Crippen LogP contribution in [0.3, 0.4) is 0 Å². The molecule has 55 heavy (non-hydrogen) atoms. The van der Waals surface area contributed by atoms with Crippen LogP contribution in [-0.4, -0.2) is 131 Å². The minimum Gasteiger partial charge on any atom is -0.545 e. The van der Waals surface area contributed by atoms with Gasteiger partial charge >= 0.3 is 16.5 Å². The zero-order valence-electron chi connectivity index (χ0n) is 30.4. The molecule has 0 atom stereocenters. The summed E-state index contributed by atoms with van der Waals surface area (Å²) in [6.45, 7) is 3.51. The first kappa shape index (κ1) is 46.6. The minimum absolute atomic E-state index is 0. The van der Waals surface area contributed by atoms with E-state index in [4.69, 9.17) is 30.6 Å². The maximum absolute atomic E-state index is 11.3. The molecule has 6 N–H and O–H groups in total. The van der Waals surface area contributed by atoms with Crippen LogP contribution in [0.4, 0.5) is 0 Å². The number of fused-ring (bicyclic) bond motifs is 4. The second kappa shape index (κ2) is 25.5. The second-order valence-electron chi connectivity index (χ2n) is 12.0. The standard InChI is InChI=1S/2C15H10O2.2C6H15NO3.Ni/c2*16-15(17)14-12-7-3-1-5-10(12)9-11-6-2-4-8-13(11)14;2*8-4-1-7(2-5-9)3-6-10;/h2*1-9H,(H,16,17);2*8-10H,1-6H2;/q;;;;+2/p-2. The van der Waals surface area contributed by atoms with Gasteiger partial charge in [-0.15, -0.1) is 0 Å². The molecule has 0 spiro atoms. The molecule has 0 bridgehead atoms. The molecule has 0 fully saturated rings. The van der Waals surface area contributed by atoms with Crippen molar-refractivity contribution in [2.75, 3.05) is 78.9 Å². The quantitative estimate of drug-likeness (QED) is 0.0680. The molecule has 0 radical (unpaired) electrons. The van der Waals surface area contributed by atoms with Crippen molar-refractivity contribution in [3.63, 3.8) is 0 Å². The molecule has 0 aliphatic carbocycles. The van der Waals surface area contributed by atoms with Gasteiger partial charge in [-0.2, -0.15) is 0 Å². The van der Waals surface area contributed by atoms with Gasteiger partial charge in [-0.1, -0.05) is 97.1 Å². The van der Waals surface area contributed by atoms with E-state index in [1.54, 1.807) is 9.80 Å². The Morgan fingerprint density at radius 3 is 0.782 bits per heavy atom. The van der Waals surface area contributed by atoms with Crippen LogP contribution in [0, 0.1) is 0 Å². The predicted molar refractivity (Wildman–Crippen MR) is 207 cm³/mol. The van der Waals surface area contributed by atoms with Crippen LogP contribution in [0.1, 0.15) is 20.7 Å². The largest absolute Gasteiger partial charge is 2.00 e. The first-order valence-electron chi connectivity index (χ1n) is 17.6. The van der Waals surface area contributed by atoms with E-state index in [1.165, 1.54) is 0 Å². The van der Waals surface area contributed by atoms with Crippen LogP contribution in [0.25, 0.3) is 43.1 Å². The molecule has 0 saturated heterocycles. The third-order valence-corrected chi connectivity index (χ3v) is 8.45. The topological polar surface area (TPSA) is 208 Å². The van der Waals surface area contributed by atoms with Crippen molar-refractivity contribution in [1.82, 2.24) is 9.80 Å². The monoisotopic (exact) mass is 798 g/mol. The molecule has 0 unspecified atom stereocenters. The minimum atomic E-state index is -1.13. The van der Waals surface area contributed by atoms with E-state index in [-0.39, 0.29) is 67.3 Å². The molecule has 0 amide bonds. The van der Waals surface area contributed by atoms with Gasteiger partial charge in [-0.3, -0.25) is 9.80 Å². The maximum Gasteiger partial charge on any atom is 2.00 e. The third-order valence-electron chi connectivity index (χ3n) is 8.45. The van der Waals surface area contributed by atoms with E-state index in [9.17, 15) is 19.8 Å². The van der Waals surface area contributed by atoms with E-state index < -0.39 is 11.9 Å². The van der Waals surface area contributed by atoms with Crippen LogP contribution in [0.15, 0.2) is 109 Å². The molecule has 6 aromatic carbocycles. The summed E-state index contributed by atoms with van der Waals surface area (Å²) >= 11 is 0. The van der Waals surface area contributed by atoms with Gasteiger partial charge in [0.1, 0.15) is 0 Å². The molecular weight excluding hydrogens is 751 g/mol. The fourth-order valence-corrected chi connectivity index (χ4v) is 5.99. The summed E-state index contributed by atoms with van der Waals surface area (Å²) < 4.78 is 0. The number of nitrogens with zero attached hydrogens (tertiary/aromatic N) is 2. The van der Waals surface area contributed by atoms with Gasteiger partial charge in [-0.25, -0.2) is 0 Å². The van der Waals surface area contributed by atoms with Crippen LogP contribution in [-0.2, 0) is 16.5 Å². The summed E-state index contributed by atoms with van der Waals surface area (Å²) in [5, 5.41) is 80.1. The molecule has 0 saturated carbocycles. The molecule has 0 heterocycles. The number of aromatic carboxylic acids is 2. The summed E-state index contributed by atoms with van der Waals surface area (Å²) in [6, 6.07) is 33.8. The fourth-order valence-electron chi connectivity index (χ4n) is 5.99. The van der Waals surface area contributed by atoms with Crippen molar-refractivity contribution in [1.29, 1.82) is 0 Å². The fraction of sp³-hybridized carbons (Fsp3) is 0.286. The smallest absolute Gasteiger partial charge is 0.545 e.